The second-order valence-corrected chi connectivity index (χ2v) is 7.04. The van der Waals surface area contributed by atoms with Gasteiger partial charge in [0.2, 0.25) is 0 Å². The number of sulfone groups is 1. The van der Waals surface area contributed by atoms with E-state index < -0.39 is 9.84 Å². The molecule has 0 radical (unpaired) electrons. The van der Waals surface area contributed by atoms with Crippen molar-refractivity contribution in [2.24, 2.45) is 0 Å². The summed E-state index contributed by atoms with van der Waals surface area (Å²) in [6.07, 6.45) is 1.23. The molecule has 2 aromatic carbocycles. The smallest absolute Gasteiger partial charge is 0.177 e. The number of anilines is 1. The van der Waals surface area contributed by atoms with Crippen LogP contribution in [-0.2, 0) is 16.4 Å². The molecule has 0 bridgehead atoms. The lowest BCUT2D eigenvalue weighted by atomic mass is 10.1. The van der Waals surface area contributed by atoms with E-state index in [0.29, 0.717) is 17.1 Å². The number of nitrogens with one attached hydrogen (secondary N) is 1. The summed E-state index contributed by atoms with van der Waals surface area (Å²) in [6, 6.07) is 13.2. The number of para-hydroxylation sites is 1. The van der Waals surface area contributed by atoms with Crippen LogP contribution in [0.4, 0.5) is 5.69 Å². The monoisotopic (exact) mass is 289 g/mol. The highest BCUT2D eigenvalue weighted by Gasteiger charge is 2.12. The average Bonchev–Trinajstić information content (AvgIpc) is 2.37. The standard InChI is InChI=1S/C16H19NO2S/c1-12-8-9-14(13(2)10-12)11-17-15-6-4-5-7-16(15)20(3,18)19/h4-10,17H,11H2,1-3H3. The Kier molecular flexibility index (Phi) is 4.14. The van der Waals surface area contributed by atoms with Crippen molar-refractivity contribution in [2.75, 3.05) is 11.6 Å². The Morgan fingerprint density at radius 3 is 2.40 bits per heavy atom. The zero-order valence-corrected chi connectivity index (χ0v) is 12.8. The van der Waals surface area contributed by atoms with Crippen LogP contribution < -0.4 is 5.32 Å². The largest absolute Gasteiger partial charge is 0.380 e. The summed E-state index contributed by atoms with van der Waals surface area (Å²) in [6.45, 7) is 4.73. The molecule has 0 aliphatic heterocycles. The highest BCUT2D eigenvalue weighted by atomic mass is 32.2. The zero-order chi connectivity index (χ0) is 14.8. The van der Waals surface area contributed by atoms with Gasteiger partial charge in [-0.25, -0.2) is 8.42 Å². The van der Waals surface area contributed by atoms with Gasteiger partial charge in [0.05, 0.1) is 10.6 Å². The summed E-state index contributed by atoms with van der Waals surface area (Å²) < 4.78 is 23.5. The highest BCUT2D eigenvalue weighted by Crippen LogP contribution is 2.22. The van der Waals surface area contributed by atoms with E-state index in [0.717, 1.165) is 0 Å². The molecule has 2 aromatic rings. The lowest BCUT2D eigenvalue weighted by molar-refractivity contribution is 0.602. The summed E-state index contributed by atoms with van der Waals surface area (Å²) in [5.41, 5.74) is 4.24. The predicted molar refractivity (Wildman–Crippen MR) is 82.8 cm³/mol. The van der Waals surface area contributed by atoms with Crippen molar-refractivity contribution in [1.82, 2.24) is 0 Å². The first-order chi connectivity index (χ1) is 9.38. The van der Waals surface area contributed by atoms with Crippen molar-refractivity contribution >= 4 is 15.5 Å². The van der Waals surface area contributed by atoms with E-state index in [2.05, 4.69) is 37.4 Å². The van der Waals surface area contributed by atoms with Gasteiger partial charge in [0.15, 0.2) is 9.84 Å². The Labute approximate surface area is 120 Å². The Bertz CT molecular complexity index is 721. The molecular formula is C16H19NO2S. The molecule has 0 fully saturated rings. The molecule has 0 atom stereocenters. The number of rotatable bonds is 4. The first-order valence-electron chi connectivity index (χ1n) is 6.47. The minimum atomic E-state index is -3.22. The van der Waals surface area contributed by atoms with Crippen molar-refractivity contribution in [2.45, 2.75) is 25.3 Å². The van der Waals surface area contributed by atoms with E-state index in [4.69, 9.17) is 0 Å². The lowest BCUT2D eigenvalue weighted by Crippen LogP contribution is -2.07. The van der Waals surface area contributed by atoms with Gasteiger partial charge in [0.25, 0.3) is 0 Å². The van der Waals surface area contributed by atoms with Gasteiger partial charge < -0.3 is 5.32 Å². The fraction of sp³-hybridized carbons (Fsp3) is 0.250. The Balaban J connectivity index is 2.24. The van der Waals surface area contributed by atoms with Crippen LogP contribution in [0.15, 0.2) is 47.4 Å². The molecule has 0 aromatic heterocycles. The third-order valence-electron chi connectivity index (χ3n) is 3.25. The minimum Gasteiger partial charge on any atom is -0.380 e. The van der Waals surface area contributed by atoms with Crippen molar-refractivity contribution in [1.29, 1.82) is 0 Å². The SMILES string of the molecule is Cc1ccc(CNc2ccccc2S(C)(=O)=O)c(C)c1. The minimum absolute atomic E-state index is 0.338. The molecule has 3 nitrogen and oxygen atoms in total. The molecule has 0 unspecified atom stereocenters. The van der Waals surface area contributed by atoms with Crippen LogP contribution in [0.3, 0.4) is 0 Å². The lowest BCUT2D eigenvalue weighted by Gasteiger charge is -2.12. The fourth-order valence-electron chi connectivity index (χ4n) is 2.17. The number of aryl methyl sites for hydroxylation is 2. The first-order valence-corrected chi connectivity index (χ1v) is 8.36. The molecular weight excluding hydrogens is 270 g/mol. The average molecular weight is 289 g/mol. The summed E-state index contributed by atoms with van der Waals surface area (Å²) >= 11 is 0. The van der Waals surface area contributed by atoms with E-state index in [1.165, 1.54) is 22.9 Å². The molecule has 0 aliphatic rings. The molecule has 0 saturated heterocycles. The number of hydrogen-bond acceptors (Lipinski definition) is 3. The van der Waals surface area contributed by atoms with Crippen LogP contribution in [0.5, 0.6) is 0 Å². The molecule has 0 amide bonds. The molecule has 20 heavy (non-hydrogen) atoms. The summed E-state index contributed by atoms with van der Waals surface area (Å²) in [5.74, 6) is 0. The molecule has 2 rings (SSSR count). The molecule has 0 heterocycles. The molecule has 0 spiro atoms. The van der Waals surface area contributed by atoms with Crippen LogP contribution in [0.25, 0.3) is 0 Å². The van der Waals surface area contributed by atoms with Crippen LogP contribution in [0.1, 0.15) is 16.7 Å². The maximum absolute atomic E-state index is 11.7. The Morgan fingerprint density at radius 2 is 1.75 bits per heavy atom. The topological polar surface area (TPSA) is 46.2 Å². The van der Waals surface area contributed by atoms with Gasteiger partial charge in [-0.15, -0.1) is 0 Å². The summed E-state index contributed by atoms with van der Waals surface area (Å²) in [5, 5.41) is 3.22. The normalized spacial score (nSPS) is 11.3. The maximum atomic E-state index is 11.7. The van der Waals surface area contributed by atoms with Crippen LogP contribution >= 0.6 is 0 Å². The summed E-state index contributed by atoms with van der Waals surface area (Å²) in [4.78, 5) is 0.338. The Hall–Kier alpha value is -1.81. The second-order valence-electron chi connectivity index (χ2n) is 5.05. The van der Waals surface area contributed by atoms with Gasteiger partial charge in [0, 0.05) is 12.8 Å². The molecule has 0 saturated carbocycles. The van der Waals surface area contributed by atoms with E-state index in [-0.39, 0.29) is 0 Å². The van der Waals surface area contributed by atoms with Crippen molar-refractivity contribution in [3.63, 3.8) is 0 Å². The van der Waals surface area contributed by atoms with Gasteiger partial charge >= 0.3 is 0 Å². The second kappa shape index (κ2) is 5.67. The van der Waals surface area contributed by atoms with E-state index in [1.54, 1.807) is 18.2 Å². The third kappa shape index (κ3) is 3.39. The van der Waals surface area contributed by atoms with Gasteiger partial charge in [-0.1, -0.05) is 35.9 Å². The van der Waals surface area contributed by atoms with Crippen LogP contribution in [0, 0.1) is 13.8 Å². The van der Waals surface area contributed by atoms with Gasteiger partial charge in [-0.05, 0) is 37.1 Å². The number of hydrogen-bond donors (Lipinski definition) is 1. The van der Waals surface area contributed by atoms with Gasteiger partial charge in [-0.2, -0.15) is 0 Å². The highest BCUT2D eigenvalue weighted by molar-refractivity contribution is 7.90. The van der Waals surface area contributed by atoms with Crippen molar-refractivity contribution < 1.29 is 8.42 Å². The van der Waals surface area contributed by atoms with E-state index in [9.17, 15) is 8.42 Å². The van der Waals surface area contributed by atoms with Gasteiger partial charge in [-0.3, -0.25) is 0 Å². The van der Waals surface area contributed by atoms with E-state index in [1.807, 2.05) is 6.07 Å². The quantitative estimate of drug-likeness (QED) is 0.939. The molecule has 106 valence electrons. The van der Waals surface area contributed by atoms with E-state index >= 15 is 0 Å². The fourth-order valence-corrected chi connectivity index (χ4v) is 3.04. The third-order valence-corrected chi connectivity index (χ3v) is 4.41. The Morgan fingerprint density at radius 1 is 1.05 bits per heavy atom. The predicted octanol–water partition coefficient (Wildman–Crippen LogP) is 3.32. The summed E-state index contributed by atoms with van der Waals surface area (Å²) in [7, 11) is -3.22. The molecule has 1 N–H and O–H groups in total. The van der Waals surface area contributed by atoms with Crippen LogP contribution in [0.2, 0.25) is 0 Å². The number of benzene rings is 2. The van der Waals surface area contributed by atoms with Crippen LogP contribution in [-0.4, -0.2) is 14.7 Å². The van der Waals surface area contributed by atoms with Crippen molar-refractivity contribution in [3.8, 4) is 0 Å². The first kappa shape index (κ1) is 14.6. The molecule has 0 aliphatic carbocycles. The van der Waals surface area contributed by atoms with Crippen molar-refractivity contribution in [3.05, 3.63) is 59.2 Å². The molecule has 4 heteroatoms. The maximum Gasteiger partial charge on any atom is 0.177 e. The zero-order valence-electron chi connectivity index (χ0n) is 12.0. The van der Waals surface area contributed by atoms with Gasteiger partial charge in [0.1, 0.15) is 0 Å².